The summed E-state index contributed by atoms with van der Waals surface area (Å²) < 4.78 is 6.92. The van der Waals surface area contributed by atoms with Gasteiger partial charge in [0.25, 0.3) is 5.91 Å². The molecule has 0 bridgehead atoms. The Bertz CT molecular complexity index is 741. The van der Waals surface area contributed by atoms with Gasteiger partial charge in [0.15, 0.2) is 5.60 Å². The second-order valence-corrected chi connectivity index (χ2v) is 8.04. The molecule has 1 heterocycles. The summed E-state index contributed by atoms with van der Waals surface area (Å²) >= 11 is 3.44. The number of ether oxygens (including phenoxy) is 1. The van der Waals surface area contributed by atoms with Gasteiger partial charge < -0.3 is 9.64 Å². The highest BCUT2D eigenvalue weighted by molar-refractivity contribution is 9.10. The van der Waals surface area contributed by atoms with E-state index in [-0.39, 0.29) is 5.91 Å². The Kier molecular flexibility index (Phi) is 5.99. The lowest BCUT2D eigenvalue weighted by molar-refractivity contribution is -0.147. The Labute approximate surface area is 163 Å². The van der Waals surface area contributed by atoms with Crippen LogP contribution in [0.3, 0.4) is 0 Å². The van der Waals surface area contributed by atoms with Crippen molar-refractivity contribution >= 4 is 21.8 Å². The molecular weight excluding hydrogens is 392 g/mol. The van der Waals surface area contributed by atoms with Crippen LogP contribution in [-0.2, 0) is 11.3 Å². The molecule has 0 N–H and O–H groups in total. The van der Waals surface area contributed by atoms with Crippen molar-refractivity contribution in [2.45, 2.75) is 26.0 Å². The van der Waals surface area contributed by atoms with Gasteiger partial charge in [-0.05, 0) is 37.6 Å². The van der Waals surface area contributed by atoms with Crippen molar-refractivity contribution in [3.05, 3.63) is 64.6 Å². The van der Waals surface area contributed by atoms with Crippen LogP contribution < -0.4 is 4.74 Å². The van der Waals surface area contributed by atoms with Crippen LogP contribution in [0.2, 0.25) is 0 Å². The minimum absolute atomic E-state index is 0.0387. The van der Waals surface area contributed by atoms with Gasteiger partial charge in [-0.25, -0.2) is 0 Å². The fourth-order valence-corrected chi connectivity index (χ4v) is 3.58. The molecule has 0 aliphatic carbocycles. The van der Waals surface area contributed by atoms with Crippen molar-refractivity contribution in [2.24, 2.45) is 0 Å². The van der Waals surface area contributed by atoms with Gasteiger partial charge in [0.05, 0.1) is 0 Å². The molecule has 2 aromatic carbocycles. The Balaban J connectivity index is 1.55. The molecule has 2 aromatic rings. The van der Waals surface area contributed by atoms with E-state index in [1.165, 1.54) is 5.56 Å². The first-order chi connectivity index (χ1) is 12.4. The largest absolute Gasteiger partial charge is 0.478 e. The lowest BCUT2D eigenvalue weighted by Crippen LogP contribution is -2.55. The van der Waals surface area contributed by atoms with Crippen molar-refractivity contribution in [3.63, 3.8) is 0 Å². The lowest BCUT2D eigenvalue weighted by Gasteiger charge is -2.38. The Hall–Kier alpha value is -1.85. The summed E-state index contributed by atoms with van der Waals surface area (Å²) in [5.74, 6) is 0.734. The summed E-state index contributed by atoms with van der Waals surface area (Å²) in [5, 5.41) is 0. The zero-order valence-corrected chi connectivity index (χ0v) is 16.9. The predicted molar refractivity (Wildman–Crippen MR) is 107 cm³/mol. The molecule has 0 aromatic heterocycles. The highest BCUT2D eigenvalue weighted by Gasteiger charge is 2.35. The highest BCUT2D eigenvalue weighted by atomic mass is 79.9. The van der Waals surface area contributed by atoms with Gasteiger partial charge >= 0.3 is 0 Å². The number of carbonyl (C=O) groups is 1. The van der Waals surface area contributed by atoms with E-state index in [0.717, 1.165) is 37.2 Å². The van der Waals surface area contributed by atoms with Crippen LogP contribution in [0.5, 0.6) is 5.75 Å². The van der Waals surface area contributed by atoms with Gasteiger partial charge in [-0.1, -0.05) is 52.3 Å². The minimum Gasteiger partial charge on any atom is -0.478 e. The van der Waals surface area contributed by atoms with E-state index in [1.54, 1.807) is 0 Å². The van der Waals surface area contributed by atoms with Crippen LogP contribution in [0.15, 0.2) is 59.1 Å². The molecule has 1 aliphatic heterocycles. The molecule has 26 heavy (non-hydrogen) atoms. The molecule has 138 valence electrons. The van der Waals surface area contributed by atoms with Gasteiger partial charge in [-0.2, -0.15) is 0 Å². The average Bonchev–Trinajstić information content (AvgIpc) is 2.62. The molecule has 0 radical (unpaired) electrons. The number of hydrogen-bond donors (Lipinski definition) is 0. The fraction of sp³-hybridized carbons (Fsp3) is 0.381. The van der Waals surface area contributed by atoms with E-state index < -0.39 is 5.60 Å². The summed E-state index contributed by atoms with van der Waals surface area (Å²) in [6, 6.07) is 18.1. The van der Waals surface area contributed by atoms with Gasteiger partial charge in [-0.15, -0.1) is 0 Å². The monoisotopic (exact) mass is 416 g/mol. The maximum atomic E-state index is 12.9. The molecule has 5 heteroatoms. The number of piperazine rings is 1. The zero-order valence-electron chi connectivity index (χ0n) is 15.3. The number of nitrogens with zero attached hydrogens (tertiary/aromatic N) is 2. The number of halogens is 1. The van der Waals surface area contributed by atoms with E-state index >= 15 is 0 Å². The highest BCUT2D eigenvalue weighted by Crippen LogP contribution is 2.24. The lowest BCUT2D eigenvalue weighted by atomic mass is 10.1. The molecule has 4 nitrogen and oxygen atoms in total. The quantitative estimate of drug-likeness (QED) is 0.739. The topological polar surface area (TPSA) is 32.8 Å². The number of benzene rings is 2. The molecule has 0 spiro atoms. The third-order valence-corrected chi connectivity index (χ3v) is 5.09. The Morgan fingerprint density at radius 2 is 1.73 bits per heavy atom. The normalized spacial score (nSPS) is 15.7. The van der Waals surface area contributed by atoms with E-state index in [0.29, 0.717) is 5.75 Å². The van der Waals surface area contributed by atoms with Crippen LogP contribution in [0.25, 0.3) is 0 Å². The minimum atomic E-state index is -0.887. The molecule has 1 fully saturated rings. The second-order valence-electron chi connectivity index (χ2n) is 7.12. The molecular formula is C21H25BrN2O2. The molecule has 1 amide bonds. The number of hydrogen-bond acceptors (Lipinski definition) is 3. The van der Waals surface area contributed by atoms with E-state index in [2.05, 4.69) is 45.1 Å². The SMILES string of the molecule is CC(C)(Oc1cccc(Br)c1)C(=O)N1CCN(Cc2ccccc2)CC1. The van der Waals surface area contributed by atoms with Gasteiger partial charge in [0, 0.05) is 37.2 Å². The summed E-state index contributed by atoms with van der Waals surface area (Å²) in [4.78, 5) is 17.3. The Morgan fingerprint density at radius 3 is 2.38 bits per heavy atom. The first-order valence-corrected chi connectivity index (χ1v) is 9.73. The predicted octanol–water partition coefficient (Wildman–Crippen LogP) is 3.95. The molecule has 1 aliphatic rings. The summed E-state index contributed by atoms with van der Waals surface area (Å²) in [6.45, 7) is 7.84. The molecule has 0 atom stereocenters. The number of amides is 1. The van der Waals surface area contributed by atoms with Crippen molar-refractivity contribution in [3.8, 4) is 5.75 Å². The van der Waals surface area contributed by atoms with Gasteiger partial charge in [0.2, 0.25) is 0 Å². The smallest absolute Gasteiger partial charge is 0.266 e. The van der Waals surface area contributed by atoms with Crippen molar-refractivity contribution in [2.75, 3.05) is 26.2 Å². The third-order valence-electron chi connectivity index (χ3n) is 4.59. The van der Waals surface area contributed by atoms with Crippen molar-refractivity contribution in [1.29, 1.82) is 0 Å². The molecule has 0 saturated carbocycles. The zero-order chi connectivity index (χ0) is 18.6. The fourth-order valence-electron chi connectivity index (χ4n) is 3.20. The van der Waals surface area contributed by atoms with E-state index in [9.17, 15) is 4.79 Å². The molecule has 0 unspecified atom stereocenters. The van der Waals surface area contributed by atoms with Crippen molar-refractivity contribution in [1.82, 2.24) is 9.80 Å². The van der Waals surface area contributed by atoms with E-state index in [4.69, 9.17) is 4.74 Å². The first-order valence-electron chi connectivity index (χ1n) is 8.94. The maximum absolute atomic E-state index is 12.9. The number of carbonyl (C=O) groups excluding carboxylic acids is 1. The number of rotatable bonds is 5. The summed E-state index contributed by atoms with van der Waals surface area (Å²) in [6.07, 6.45) is 0. The summed E-state index contributed by atoms with van der Waals surface area (Å²) in [7, 11) is 0. The van der Waals surface area contributed by atoms with Gasteiger partial charge in [-0.3, -0.25) is 9.69 Å². The van der Waals surface area contributed by atoms with Crippen LogP contribution in [0, 0.1) is 0 Å². The van der Waals surface area contributed by atoms with Crippen LogP contribution in [0.1, 0.15) is 19.4 Å². The van der Waals surface area contributed by atoms with Crippen LogP contribution >= 0.6 is 15.9 Å². The first kappa shape index (κ1) is 18.9. The van der Waals surface area contributed by atoms with Crippen LogP contribution in [0.4, 0.5) is 0 Å². The third kappa shape index (κ3) is 4.86. The standard InChI is InChI=1S/C21H25BrN2O2/c1-21(2,26-19-10-6-9-18(22)15-19)20(25)24-13-11-23(12-14-24)16-17-7-4-3-5-8-17/h3-10,15H,11-14,16H2,1-2H3. The summed E-state index contributed by atoms with van der Waals surface area (Å²) in [5.41, 5.74) is 0.424. The Morgan fingerprint density at radius 1 is 1.04 bits per heavy atom. The van der Waals surface area contributed by atoms with E-state index in [1.807, 2.05) is 49.1 Å². The maximum Gasteiger partial charge on any atom is 0.266 e. The second kappa shape index (κ2) is 8.23. The molecule has 1 saturated heterocycles. The van der Waals surface area contributed by atoms with Crippen LogP contribution in [-0.4, -0.2) is 47.5 Å². The van der Waals surface area contributed by atoms with Gasteiger partial charge in [0.1, 0.15) is 5.75 Å². The van der Waals surface area contributed by atoms with Crippen molar-refractivity contribution < 1.29 is 9.53 Å². The molecule has 3 rings (SSSR count). The average molecular weight is 417 g/mol.